The lowest BCUT2D eigenvalue weighted by Gasteiger charge is -2.10. The van der Waals surface area contributed by atoms with E-state index in [4.69, 9.17) is 20.2 Å². The predicted octanol–water partition coefficient (Wildman–Crippen LogP) is -1.09. The second-order valence-electron chi connectivity index (χ2n) is 2.97. The minimum Gasteiger partial charge on any atom is -0.481 e. The quantitative estimate of drug-likeness (QED) is 0.225. The topological polar surface area (TPSA) is 103 Å². The largest absolute Gasteiger partial charge is 0.490 e. The number of nitrogens with one attached hydrogen (secondary N) is 2. The Morgan fingerprint density at radius 3 is 2.75 bits per heavy atom. The average molecular weight is 222 g/mol. The van der Waals surface area contributed by atoms with Gasteiger partial charge in [-0.2, -0.15) is 0 Å². The van der Waals surface area contributed by atoms with Crippen molar-refractivity contribution in [2.24, 2.45) is 0 Å². The summed E-state index contributed by atoms with van der Waals surface area (Å²) in [6.45, 7) is 0. The Hall–Kier alpha value is -1.86. The van der Waals surface area contributed by atoms with Gasteiger partial charge in [-0.1, -0.05) is 6.07 Å². The summed E-state index contributed by atoms with van der Waals surface area (Å²) in [5, 5.41) is 27.8. The Morgan fingerprint density at radius 1 is 1.56 bits per heavy atom. The number of hydrogen-bond donors (Lipinski definition) is 4. The van der Waals surface area contributed by atoms with Crippen molar-refractivity contribution in [3.8, 4) is 0 Å². The molecule has 84 valence electrons. The summed E-state index contributed by atoms with van der Waals surface area (Å²) in [4.78, 5) is 10.3. The summed E-state index contributed by atoms with van der Waals surface area (Å²) in [7, 11) is -0.336. The van der Waals surface area contributed by atoms with Gasteiger partial charge in [-0.25, -0.2) is 0 Å². The lowest BCUT2D eigenvalue weighted by molar-refractivity contribution is -0.105. The number of anilines is 1. The molecule has 0 bridgehead atoms. The molecule has 1 aromatic rings. The van der Waals surface area contributed by atoms with Crippen LogP contribution in [0, 0.1) is 5.41 Å². The first kappa shape index (κ1) is 12.2. The number of carbonyl (C=O) groups excluding carboxylic acids is 1. The molecule has 1 aromatic carbocycles. The summed E-state index contributed by atoms with van der Waals surface area (Å²) < 4.78 is 4.71. The van der Waals surface area contributed by atoms with Gasteiger partial charge in [0, 0.05) is 16.7 Å². The fourth-order valence-electron chi connectivity index (χ4n) is 1.23. The van der Waals surface area contributed by atoms with E-state index in [1.807, 2.05) is 0 Å². The standard InChI is InChI=1S/C9H11BN2O4/c1-16-9(11)6-2-3-7(10(14)15)8(4-6)12-5-13/h2-5,11,14-15H,1H3,(H,12,13). The number of rotatable bonds is 4. The lowest BCUT2D eigenvalue weighted by atomic mass is 9.78. The van der Waals surface area contributed by atoms with Crippen molar-refractivity contribution >= 4 is 30.6 Å². The molecular formula is C9H11BN2O4. The number of methoxy groups -OCH3 is 1. The molecule has 0 spiro atoms. The highest BCUT2D eigenvalue weighted by atomic mass is 16.5. The second-order valence-corrected chi connectivity index (χ2v) is 2.97. The van der Waals surface area contributed by atoms with Gasteiger partial charge in [0.05, 0.1) is 7.11 Å². The van der Waals surface area contributed by atoms with Crippen LogP contribution in [0.4, 0.5) is 5.69 Å². The van der Waals surface area contributed by atoms with Gasteiger partial charge in [0.25, 0.3) is 0 Å². The Morgan fingerprint density at radius 2 is 2.25 bits per heavy atom. The number of hydrogen-bond acceptors (Lipinski definition) is 5. The fraction of sp³-hybridized carbons (Fsp3) is 0.111. The molecule has 0 unspecified atom stereocenters. The first-order valence-electron chi connectivity index (χ1n) is 4.43. The summed E-state index contributed by atoms with van der Waals surface area (Å²) in [5.74, 6) is -0.0760. The molecule has 0 heterocycles. The molecule has 1 rings (SSSR count). The van der Waals surface area contributed by atoms with Gasteiger partial charge in [-0.15, -0.1) is 0 Å². The molecule has 6 nitrogen and oxygen atoms in total. The van der Waals surface area contributed by atoms with Crippen LogP contribution in [-0.4, -0.2) is 36.6 Å². The zero-order valence-electron chi connectivity index (χ0n) is 8.60. The minimum absolute atomic E-state index is 0.0760. The maximum atomic E-state index is 10.3. The van der Waals surface area contributed by atoms with E-state index in [9.17, 15) is 4.79 Å². The first-order valence-corrected chi connectivity index (χ1v) is 4.43. The fourth-order valence-corrected chi connectivity index (χ4v) is 1.23. The van der Waals surface area contributed by atoms with Crippen molar-refractivity contribution in [3.05, 3.63) is 23.8 Å². The first-order chi connectivity index (χ1) is 7.60. The molecule has 0 aromatic heterocycles. The third-order valence-corrected chi connectivity index (χ3v) is 2.01. The van der Waals surface area contributed by atoms with Gasteiger partial charge in [0.15, 0.2) is 0 Å². The van der Waals surface area contributed by atoms with Crippen molar-refractivity contribution in [2.75, 3.05) is 12.4 Å². The summed E-state index contributed by atoms with van der Waals surface area (Å²) in [5.41, 5.74) is 0.806. The number of ether oxygens (including phenoxy) is 1. The van der Waals surface area contributed by atoms with E-state index in [0.29, 0.717) is 12.0 Å². The van der Waals surface area contributed by atoms with Crippen LogP contribution in [0.2, 0.25) is 0 Å². The van der Waals surface area contributed by atoms with E-state index in [-0.39, 0.29) is 17.0 Å². The Labute approximate surface area is 92.5 Å². The highest BCUT2D eigenvalue weighted by molar-refractivity contribution is 6.60. The van der Waals surface area contributed by atoms with Gasteiger partial charge in [-0.05, 0) is 12.1 Å². The molecule has 0 radical (unpaired) electrons. The van der Waals surface area contributed by atoms with Crippen LogP contribution in [0.5, 0.6) is 0 Å². The maximum Gasteiger partial charge on any atom is 0.490 e. The average Bonchev–Trinajstić information content (AvgIpc) is 2.28. The van der Waals surface area contributed by atoms with Crippen LogP contribution in [0.1, 0.15) is 5.56 Å². The van der Waals surface area contributed by atoms with Gasteiger partial charge < -0.3 is 20.1 Å². The molecule has 0 saturated carbocycles. The number of amides is 1. The SMILES string of the molecule is COC(=N)c1ccc(B(O)O)c(NC=O)c1. The van der Waals surface area contributed by atoms with Crippen molar-refractivity contribution < 1.29 is 19.6 Å². The molecule has 16 heavy (non-hydrogen) atoms. The third-order valence-electron chi connectivity index (χ3n) is 2.01. The van der Waals surface area contributed by atoms with Crippen LogP contribution < -0.4 is 10.8 Å². The van der Waals surface area contributed by atoms with E-state index in [0.717, 1.165) is 0 Å². The van der Waals surface area contributed by atoms with Crippen LogP contribution >= 0.6 is 0 Å². The van der Waals surface area contributed by atoms with Crippen molar-refractivity contribution in [1.29, 1.82) is 5.41 Å². The third kappa shape index (κ3) is 2.59. The van der Waals surface area contributed by atoms with Crippen LogP contribution in [-0.2, 0) is 9.53 Å². The Kier molecular flexibility index (Phi) is 4.04. The van der Waals surface area contributed by atoms with Crippen LogP contribution in [0.15, 0.2) is 18.2 Å². The zero-order chi connectivity index (χ0) is 12.1. The van der Waals surface area contributed by atoms with Gasteiger partial charge in [0.1, 0.15) is 0 Å². The molecule has 1 amide bonds. The van der Waals surface area contributed by atoms with Crippen molar-refractivity contribution in [1.82, 2.24) is 0 Å². The van der Waals surface area contributed by atoms with E-state index in [2.05, 4.69) is 5.32 Å². The predicted molar refractivity (Wildman–Crippen MR) is 59.8 cm³/mol. The molecule has 0 fully saturated rings. The van der Waals surface area contributed by atoms with Crippen LogP contribution in [0.3, 0.4) is 0 Å². The van der Waals surface area contributed by atoms with E-state index >= 15 is 0 Å². The normalized spacial score (nSPS) is 9.44. The number of carbonyl (C=O) groups is 1. The summed E-state index contributed by atoms with van der Waals surface area (Å²) in [6.07, 6.45) is 0.418. The maximum absolute atomic E-state index is 10.3. The highest BCUT2D eigenvalue weighted by Crippen LogP contribution is 2.09. The second kappa shape index (κ2) is 5.29. The molecule has 0 aliphatic carbocycles. The Bertz CT molecular complexity index is 408. The van der Waals surface area contributed by atoms with Crippen molar-refractivity contribution in [3.63, 3.8) is 0 Å². The Balaban J connectivity index is 3.16. The molecule has 7 heteroatoms. The smallest absolute Gasteiger partial charge is 0.481 e. The van der Waals surface area contributed by atoms with Gasteiger partial charge in [0.2, 0.25) is 12.3 Å². The zero-order valence-corrected chi connectivity index (χ0v) is 8.60. The molecule has 0 aliphatic rings. The molecule has 0 aliphatic heterocycles. The van der Waals surface area contributed by atoms with E-state index in [1.54, 1.807) is 0 Å². The molecular weight excluding hydrogens is 211 g/mol. The summed E-state index contributed by atoms with van der Waals surface area (Å²) in [6, 6.07) is 4.32. The molecule has 0 saturated heterocycles. The minimum atomic E-state index is -1.69. The van der Waals surface area contributed by atoms with E-state index in [1.165, 1.54) is 25.3 Å². The van der Waals surface area contributed by atoms with Crippen molar-refractivity contribution in [2.45, 2.75) is 0 Å². The number of benzene rings is 1. The summed E-state index contributed by atoms with van der Waals surface area (Å²) >= 11 is 0. The van der Waals surface area contributed by atoms with Gasteiger partial charge in [-0.3, -0.25) is 10.2 Å². The van der Waals surface area contributed by atoms with E-state index < -0.39 is 7.12 Å². The van der Waals surface area contributed by atoms with Crippen LogP contribution in [0.25, 0.3) is 0 Å². The lowest BCUT2D eigenvalue weighted by Crippen LogP contribution is -2.32. The monoisotopic (exact) mass is 222 g/mol. The molecule has 0 atom stereocenters. The van der Waals surface area contributed by atoms with Gasteiger partial charge >= 0.3 is 7.12 Å². The highest BCUT2D eigenvalue weighted by Gasteiger charge is 2.17. The molecule has 4 N–H and O–H groups in total.